The summed E-state index contributed by atoms with van der Waals surface area (Å²) >= 11 is 6.18. The molecule has 0 radical (unpaired) electrons. The number of hydrogen-bond donors (Lipinski definition) is 0. The molecule has 134 valence electrons. The van der Waals surface area contributed by atoms with Gasteiger partial charge < -0.3 is 9.80 Å². The van der Waals surface area contributed by atoms with Gasteiger partial charge >= 0.3 is 0 Å². The summed E-state index contributed by atoms with van der Waals surface area (Å²) in [5, 5.41) is 0.605. The van der Waals surface area contributed by atoms with E-state index >= 15 is 0 Å². The van der Waals surface area contributed by atoms with Crippen LogP contribution < -0.4 is 0 Å². The zero-order valence-corrected chi connectivity index (χ0v) is 15.4. The molecule has 3 rings (SSSR count). The van der Waals surface area contributed by atoms with E-state index in [2.05, 4.69) is 0 Å². The molecule has 4 nitrogen and oxygen atoms in total. The van der Waals surface area contributed by atoms with Gasteiger partial charge in [0.2, 0.25) is 11.8 Å². The minimum atomic E-state index is -0.487. The summed E-state index contributed by atoms with van der Waals surface area (Å²) in [7, 11) is 0. The lowest BCUT2D eigenvalue weighted by atomic mass is 10.1. The maximum atomic E-state index is 12.7. The summed E-state index contributed by atoms with van der Waals surface area (Å²) < 4.78 is 0. The smallest absolute Gasteiger partial charge is 0.245 e. The number of nitrogens with zero attached hydrogens (tertiary/aromatic N) is 2. The van der Waals surface area contributed by atoms with Crippen molar-refractivity contribution >= 4 is 29.5 Å². The Morgan fingerprint density at radius 1 is 1.08 bits per heavy atom. The highest BCUT2D eigenvalue weighted by Gasteiger charge is 2.35. The first-order chi connectivity index (χ1) is 12.6. The predicted octanol–water partition coefficient (Wildman–Crippen LogP) is 3.61. The summed E-state index contributed by atoms with van der Waals surface area (Å²) in [4.78, 5) is 28.4. The van der Waals surface area contributed by atoms with Crippen LogP contribution in [0.1, 0.15) is 18.1 Å². The number of carbonyl (C=O) groups excluding carboxylic acids is 2. The van der Waals surface area contributed by atoms with Gasteiger partial charge in [0.05, 0.1) is 0 Å². The molecule has 0 bridgehead atoms. The van der Waals surface area contributed by atoms with E-state index in [0.29, 0.717) is 18.1 Å². The standard InChI is InChI=1S/C21H21ClN2O2/c1-16-21(26)23(14-18-11-5-6-12-19(18)22)15-20(25)24(16)13-7-10-17-8-3-2-4-9-17/h2-12,16H,13-15H2,1H3/t16-/m0/s1. The lowest BCUT2D eigenvalue weighted by Crippen LogP contribution is -2.58. The number of benzene rings is 2. The summed E-state index contributed by atoms with van der Waals surface area (Å²) in [5.74, 6) is -0.112. The Bertz CT molecular complexity index is 820. The second kappa shape index (κ2) is 8.19. The van der Waals surface area contributed by atoms with Gasteiger partial charge in [0, 0.05) is 18.1 Å². The molecule has 2 aromatic rings. The highest BCUT2D eigenvalue weighted by Crippen LogP contribution is 2.20. The fraction of sp³-hybridized carbons (Fsp3) is 0.238. The topological polar surface area (TPSA) is 40.6 Å². The van der Waals surface area contributed by atoms with Gasteiger partial charge in [-0.3, -0.25) is 9.59 Å². The van der Waals surface area contributed by atoms with Crippen LogP contribution in [-0.4, -0.2) is 40.7 Å². The van der Waals surface area contributed by atoms with E-state index in [1.165, 1.54) is 0 Å². The highest BCUT2D eigenvalue weighted by atomic mass is 35.5. The summed E-state index contributed by atoms with van der Waals surface area (Å²) in [6, 6.07) is 16.8. The fourth-order valence-electron chi connectivity index (χ4n) is 3.04. The SMILES string of the molecule is C[C@H]1C(=O)N(Cc2ccccc2Cl)CC(=O)N1CC=Cc1ccccc1. The van der Waals surface area contributed by atoms with Gasteiger partial charge in [0.15, 0.2) is 0 Å². The Morgan fingerprint density at radius 2 is 1.77 bits per heavy atom. The minimum Gasteiger partial charge on any atom is -0.327 e. The van der Waals surface area contributed by atoms with Crippen molar-refractivity contribution in [3.8, 4) is 0 Å². The zero-order chi connectivity index (χ0) is 18.5. The molecule has 0 N–H and O–H groups in total. The van der Waals surface area contributed by atoms with Crippen LogP contribution in [0.25, 0.3) is 6.08 Å². The molecule has 0 unspecified atom stereocenters. The average Bonchev–Trinajstić information content (AvgIpc) is 2.65. The van der Waals surface area contributed by atoms with Crippen LogP contribution in [0.15, 0.2) is 60.7 Å². The first kappa shape index (κ1) is 18.2. The van der Waals surface area contributed by atoms with E-state index in [4.69, 9.17) is 11.6 Å². The third kappa shape index (κ3) is 4.14. The Balaban J connectivity index is 1.65. The van der Waals surface area contributed by atoms with Crippen molar-refractivity contribution in [3.05, 3.63) is 76.8 Å². The molecule has 0 spiro atoms. The first-order valence-electron chi connectivity index (χ1n) is 8.59. The molecule has 1 fully saturated rings. The van der Waals surface area contributed by atoms with Gasteiger partial charge in [0.1, 0.15) is 12.6 Å². The maximum Gasteiger partial charge on any atom is 0.245 e. The minimum absolute atomic E-state index is 0.0538. The van der Waals surface area contributed by atoms with Gasteiger partial charge in [-0.15, -0.1) is 0 Å². The number of hydrogen-bond acceptors (Lipinski definition) is 2. The lowest BCUT2D eigenvalue weighted by molar-refractivity contribution is -0.155. The van der Waals surface area contributed by atoms with Gasteiger partial charge in [-0.05, 0) is 24.1 Å². The van der Waals surface area contributed by atoms with Crippen molar-refractivity contribution in [2.24, 2.45) is 0 Å². The van der Waals surface area contributed by atoms with E-state index in [-0.39, 0.29) is 18.4 Å². The zero-order valence-electron chi connectivity index (χ0n) is 14.6. The number of piperazine rings is 1. The average molecular weight is 369 g/mol. The van der Waals surface area contributed by atoms with Crippen LogP contribution in [0.3, 0.4) is 0 Å². The monoisotopic (exact) mass is 368 g/mol. The molecule has 1 aliphatic rings. The molecular weight excluding hydrogens is 348 g/mol. The Hall–Kier alpha value is -2.59. The lowest BCUT2D eigenvalue weighted by Gasteiger charge is -2.38. The molecule has 0 aliphatic carbocycles. The Labute approximate surface area is 158 Å². The molecule has 26 heavy (non-hydrogen) atoms. The molecule has 2 amide bonds. The fourth-order valence-corrected chi connectivity index (χ4v) is 3.23. The second-order valence-electron chi connectivity index (χ2n) is 6.32. The van der Waals surface area contributed by atoms with E-state index < -0.39 is 6.04 Å². The maximum absolute atomic E-state index is 12.7. The van der Waals surface area contributed by atoms with Crippen molar-refractivity contribution in [1.29, 1.82) is 0 Å². The van der Waals surface area contributed by atoms with Crippen LogP contribution in [0, 0.1) is 0 Å². The van der Waals surface area contributed by atoms with Crippen LogP contribution in [0.4, 0.5) is 0 Å². The molecule has 1 atom stereocenters. The second-order valence-corrected chi connectivity index (χ2v) is 6.73. The summed E-state index contributed by atoms with van der Waals surface area (Å²) in [5.41, 5.74) is 1.91. The van der Waals surface area contributed by atoms with Crippen molar-refractivity contribution < 1.29 is 9.59 Å². The van der Waals surface area contributed by atoms with Crippen LogP contribution in [0.5, 0.6) is 0 Å². The van der Waals surface area contributed by atoms with Gasteiger partial charge in [-0.1, -0.05) is 72.3 Å². The molecule has 0 aromatic heterocycles. The van der Waals surface area contributed by atoms with E-state index in [1.807, 2.05) is 60.7 Å². The van der Waals surface area contributed by atoms with Gasteiger partial charge in [-0.25, -0.2) is 0 Å². The van der Waals surface area contributed by atoms with Crippen molar-refractivity contribution in [3.63, 3.8) is 0 Å². The third-order valence-corrected chi connectivity index (χ3v) is 4.88. The van der Waals surface area contributed by atoms with Crippen molar-refractivity contribution in [2.75, 3.05) is 13.1 Å². The number of rotatable bonds is 5. The van der Waals surface area contributed by atoms with Crippen molar-refractivity contribution in [1.82, 2.24) is 9.80 Å². The molecule has 0 saturated carbocycles. The molecule has 1 aliphatic heterocycles. The van der Waals surface area contributed by atoms with Crippen molar-refractivity contribution in [2.45, 2.75) is 19.5 Å². The molecule has 5 heteroatoms. The molecule has 1 heterocycles. The number of amides is 2. The Morgan fingerprint density at radius 3 is 2.50 bits per heavy atom. The van der Waals surface area contributed by atoms with E-state index in [1.54, 1.807) is 22.8 Å². The predicted molar refractivity (Wildman–Crippen MR) is 104 cm³/mol. The van der Waals surface area contributed by atoms with Crippen LogP contribution >= 0.6 is 11.6 Å². The quantitative estimate of drug-likeness (QED) is 0.808. The van der Waals surface area contributed by atoms with E-state index in [0.717, 1.165) is 11.1 Å². The van der Waals surface area contributed by atoms with Gasteiger partial charge in [-0.2, -0.15) is 0 Å². The van der Waals surface area contributed by atoms with Crippen LogP contribution in [-0.2, 0) is 16.1 Å². The summed E-state index contributed by atoms with van der Waals surface area (Å²) in [6.45, 7) is 2.62. The molecule has 1 saturated heterocycles. The van der Waals surface area contributed by atoms with Gasteiger partial charge in [0.25, 0.3) is 0 Å². The summed E-state index contributed by atoms with van der Waals surface area (Å²) in [6.07, 6.45) is 3.88. The largest absolute Gasteiger partial charge is 0.327 e. The van der Waals surface area contributed by atoms with E-state index in [9.17, 15) is 9.59 Å². The normalized spacial score (nSPS) is 18.0. The molecular formula is C21H21ClN2O2. The molecule has 2 aromatic carbocycles. The number of carbonyl (C=O) groups is 2. The number of halogens is 1. The first-order valence-corrected chi connectivity index (χ1v) is 8.97. The Kier molecular flexibility index (Phi) is 5.74. The highest BCUT2D eigenvalue weighted by molar-refractivity contribution is 6.31. The van der Waals surface area contributed by atoms with Crippen LogP contribution in [0.2, 0.25) is 5.02 Å². The third-order valence-electron chi connectivity index (χ3n) is 4.51.